The van der Waals surface area contributed by atoms with Gasteiger partial charge < -0.3 is 19.7 Å². The maximum atomic E-state index is 10.3. The molecule has 0 spiro atoms. The van der Waals surface area contributed by atoms with E-state index in [9.17, 15) is 10.2 Å². The maximum Gasteiger partial charge on any atom is 0.146 e. The highest BCUT2D eigenvalue weighted by Gasteiger charge is 2.44. The minimum atomic E-state index is -1.11. The molecule has 0 bridgehead atoms. The highest BCUT2D eigenvalue weighted by molar-refractivity contribution is 4.95. The Morgan fingerprint density at radius 2 is 2.00 bits per heavy atom. The second-order valence-corrected chi connectivity index (χ2v) is 6.21. The van der Waals surface area contributed by atoms with Crippen molar-refractivity contribution in [3.63, 3.8) is 0 Å². The molecular formula is C13H26O4. The van der Waals surface area contributed by atoms with Gasteiger partial charge in [0.15, 0.2) is 0 Å². The molecule has 4 heteroatoms. The van der Waals surface area contributed by atoms with Gasteiger partial charge >= 0.3 is 0 Å². The Labute approximate surface area is 104 Å². The fourth-order valence-electron chi connectivity index (χ4n) is 2.45. The molecule has 4 nitrogen and oxygen atoms in total. The monoisotopic (exact) mass is 246 g/mol. The van der Waals surface area contributed by atoms with Crippen molar-refractivity contribution in [2.45, 2.75) is 51.7 Å². The number of ether oxygens (including phenoxy) is 2. The van der Waals surface area contributed by atoms with Gasteiger partial charge in [0.05, 0.1) is 12.7 Å². The molecule has 0 unspecified atom stereocenters. The highest BCUT2D eigenvalue weighted by Crippen LogP contribution is 2.41. The van der Waals surface area contributed by atoms with Gasteiger partial charge in [0.1, 0.15) is 12.4 Å². The topological polar surface area (TPSA) is 58.9 Å². The van der Waals surface area contributed by atoms with Crippen LogP contribution in [0.25, 0.3) is 0 Å². The lowest BCUT2D eigenvalue weighted by Crippen LogP contribution is -2.52. The molecule has 1 rings (SSSR count). The zero-order valence-electron chi connectivity index (χ0n) is 11.4. The second kappa shape index (κ2) is 5.65. The van der Waals surface area contributed by atoms with Crippen molar-refractivity contribution in [2.24, 2.45) is 11.3 Å². The van der Waals surface area contributed by atoms with Gasteiger partial charge in [0.2, 0.25) is 0 Å². The zero-order valence-corrected chi connectivity index (χ0v) is 11.4. The van der Waals surface area contributed by atoms with E-state index in [1.54, 1.807) is 0 Å². The van der Waals surface area contributed by atoms with Crippen molar-refractivity contribution in [1.29, 1.82) is 0 Å². The third-order valence-electron chi connectivity index (χ3n) is 3.83. The first-order chi connectivity index (χ1) is 7.79. The van der Waals surface area contributed by atoms with Gasteiger partial charge in [-0.3, -0.25) is 0 Å². The van der Waals surface area contributed by atoms with E-state index in [1.165, 1.54) is 7.11 Å². The fraction of sp³-hybridized carbons (Fsp3) is 1.00. The summed E-state index contributed by atoms with van der Waals surface area (Å²) in [5, 5.41) is 20.4. The lowest BCUT2D eigenvalue weighted by Gasteiger charge is -2.44. The lowest BCUT2D eigenvalue weighted by atomic mass is 9.67. The molecule has 0 saturated heterocycles. The largest absolute Gasteiger partial charge is 0.390 e. The summed E-state index contributed by atoms with van der Waals surface area (Å²) in [5.74, 6) is 0.445. The van der Waals surface area contributed by atoms with Gasteiger partial charge in [0, 0.05) is 7.11 Å². The zero-order chi connectivity index (χ0) is 13.1. The summed E-state index contributed by atoms with van der Waals surface area (Å²) in [6.07, 6.45) is 1.43. The molecule has 0 aliphatic heterocycles. The minimum Gasteiger partial charge on any atom is -0.390 e. The van der Waals surface area contributed by atoms with Gasteiger partial charge in [-0.2, -0.15) is 0 Å². The molecule has 17 heavy (non-hydrogen) atoms. The smallest absolute Gasteiger partial charge is 0.146 e. The Hall–Kier alpha value is -0.160. The van der Waals surface area contributed by atoms with Crippen LogP contribution in [0, 0.1) is 11.3 Å². The van der Waals surface area contributed by atoms with E-state index in [0.717, 1.165) is 6.42 Å². The number of hydrogen-bond donors (Lipinski definition) is 2. The Balaban J connectivity index is 2.51. The lowest BCUT2D eigenvalue weighted by molar-refractivity contribution is -0.173. The molecule has 0 radical (unpaired) electrons. The average molecular weight is 246 g/mol. The predicted molar refractivity (Wildman–Crippen MR) is 65.6 cm³/mol. The normalized spacial score (nSPS) is 34.9. The summed E-state index contributed by atoms with van der Waals surface area (Å²) < 4.78 is 9.96. The molecule has 3 atom stereocenters. The van der Waals surface area contributed by atoms with E-state index in [2.05, 4.69) is 20.8 Å². The first-order valence-electron chi connectivity index (χ1n) is 6.27. The van der Waals surface area contributed by atoms with Crippen LogP contribution in [0.3, 0.4) is 0 Å². The number of aliphatic hydroxyl groups is 2. The number of aliphatic hydroxyl groups excluding tert-OH is 1. The predicted octanol–water partition coefficient (Wildman–Crippen LogP) is 1.55. The number of methoxy groups -OCH3 is 1. The van der Waals surface area contributed by atoms with Crippen LogP contribution < -0.4 is 0 Å². The molecule has 1 aliphatic rings. The molecule has 1 saturated carbocycles. The van der Waals surface area contributed by atoms with Crippen LogP contribution in [0.2, 0.25) is 0 Å². The SMILES string of the molecule is COCOC[C@@]1(O)CC[C@H](C(C)(C)C)C[C@@H]1O. The van der Waals surface area contributed by atoms with Crippen LogP contribution in [0.5, 0.6) is 0 Å². The number of rotatable bonds is 4. The van der Waals surface area contributed by atoms with E-state index < -0.39 is 11.7 Å². The van der Waals surface area contributed by atoms with Gasteiger partial charge in [-0.15, -0.1) is 0 Å². The number of hydrogen-bond acceptors (Lipinski definition) is 4. The van der Waals surface area contributed by atoms with Crippen LogP contribution in [-0.4, -0.2) is 42.4 Å². The molecule has 0 aromatic carbocycles. The third kappa shape index (κ3) is 3.91. The van der Waals surface area contributed by atoms with Gasteiger partial charge in [-0.1, -0.05) is 20.8 Å². The van der Waals surface area contributed by atoms with Crippen molar-refractivity contribution >= 4 is 0 Å². The van der Waals surface area contributed by atoms with Crippen LogP contribution in [0.15, 0.2) is 0 Å². The molecule has 2 N–H and O–H groups in total. The Bertz CT molecular complexity index is 236. The first-order valence-corrected chi connectivity index (χ1v) is 6.27. The molecule has 0 amide bonds. The highest BCUT2D eigenvalue weighted by atomic mass is 16.7. The Morgan fingerprint density at radius 1 is 1.35 bits per heavy atom. The summed E-state index contributed by atoms with van der Waals surface area (Å²) >= 11 is 0. The van der Waals surface area contributed by atoms with E-state index in [4.69, 9.17) is 9.47 Å². The standard InChI is InChI=1S/C13H26O4/c1-12(2,3)10-5-6-13(15,11(14)7-10)8-17-9-16-4/h10-11,14-15H,5-9H2,1-4H3/t10-,11-,13-/m0/s1. The van der Waals surface area contributed by atoms with E-state index in [0.29, 0.717) is 18.8 Å². The molecule has 1 fully saturated rings. The summed E-state index contributed by atoms with van der Waals surface area (Å²) in [5.41, 5.74) is -0.935. The summed E-state index contributed by atoms with van der Waals surface area (Å²) in [6, 6.07) is 0. The van der Waals surface area contributed by atoms with Crippen molar-refractivity contribution in [3.8, 4) is 0 Å². The van der Waals surface area contributed by atoms with Gasteiger partial charge in [0.25, 0.3) is 0 Å². The average Bonchev–Trinajstić information content (AvgIpc) is 2.21. The quantitative estimate of drug-likeness (QED) is 0.583. The summed E-state index contributed by atoms with van der Waals surface area (Å²) in [7, 11) is 1.54. The molecule has 1 aliphatic carbocycles. The van der Waals surface area contributed by atoms with Gasteiger partial charge in [-0.25, -0.2) is 0 Å². The molecule has 0 aromatic heterocycles. The second-order valence-electron chi connectivity index (χ2n) is 6.21. The van der Waals surface area contributed by atoms with Gasteiger partial charge in [-0.05, 0) is 30.6 Å². The van der Waals surface area contributed by atoms with Crippen LogP contribution >= 0.6 is 0 Å². The third-order valence-corrected chi connectivity index (χ3v) is 3.83. The molecule has 102 valence electrons. The van der Waals surface area contributed by atoms with Crippen molar-refractivity contribution in [2.75, 3.05) is 20.5 Å². The minimum absolute atomic E-state index is 0.138. The Morgan fingerprint density at radius 3 is 2.47 bits per heavy atom. The first kappa shape index (κ1) is 14.9. The van der Waals surface area contributed by atoms with Crippen molar-refractivity contribution < 1.29 is 19.7 Å². The van der Waals surface area contributed by atoms with E-state index in [-0.39, 0.29) is 18.8 Å². The molecule has 0 heterocycles. The Kier molecular flexibility index (Phi) is 4.95. The fourth-order valence-corrected chi connectivity index (χ4v) is 2.45. The van der Waals surface area contributed by atoms with Crippen LogP contribution in [0.1, 0.15) is 40.0 Å². The maximum absolute atomic E-state index is 10.3. The van der Waals surface area contributed by atoms with E-state index >= 15 is 0 Å². The molecular weight excluding hydrogens is 220 g/mol. The van der Waals surface area contributed by atoms with Crippen molar-refractivity contribution in [1.82, 2.24) is 0 Å². The van der Waals surface area contributed by atoms with Crippen molar-refractivity contribution in [3.05, 3.63) is 0 Å². The van der Waals surface area contributed by atoms with Crippen LogP contribution in [0.4, 0.5) is 0 Å². The summed E-state index contributed by atoms with van der Waals surface area (Å²) in [4.78, 5) is 0. The van der Waals surface area contributed by atoms with E-state index in [1.807, 2.05) is 0 Å². The summed E-state index contributed by atoms with van der Waals surface area (Å²) in [6.45, 7) is 6.82. The van der Waals surface area contributed by atoms with Crippen LogP contribution in [-0.2, 0) is 9.47 Å². The molecule has 0 aromatic rings.